The quantitative estimate of drug-likeness (QED) is 0.562. The summed E-state index contributed by atoms with van der Waals surface area (Å²) in [5.74, 6) is -0.793. The van der Waals surface area contributed by atoms with Crippen molar-refractivity contribution in [1.29, 1.82) is 0 Å². The highest BCUT2D eigenvalue weighted by Crippen LogP contribution is 2.22. The van der Waals surface area contributed by atoms with Gasteiger partial charge in [0.1, 0.15) is 6.10 Å². The number of carbonyl (C=O) groups excluding carboxylic acids is 1. The van der Waals surface area contributed by atoms with Gasteiger partial charge in [-0.25, -0.2) is 13.6 Å². The highest BCUT2D eigenvalue weighted by Gasteiger charge is 2.40. The van der Waals surface area contributed by atoms with Gasteiger partial charge in [0.25, 0.3) is 6.43 Å². The normalized spacial score (nSPS) is 17.4. The number of hydrogen-bond acceptors (Lipinski definition) is 3. The molecule has 2 unspecified atom stereocenters. The topological polar surface area (TPSA) is 46.5 Å². The molecule has 0 aliphatic heterocycles. The van der Waals surface area contributed by atoms with Gasteiger partial charge >= 0.3 is 5.97 Å². The summed E-state index contributed by atoms with van der Waals surface area (Å²) in [6.45, 7) is 6.80. The second-order valence-electron chi connectivity index (χ2n) is 3.35. The summed E-state index contributed by atoms with van der Waals surface area (Å²) in [6.07, 6.45) is -4.26. The predicted molar refractivity (Wildman–Crippen MR) is 47.0 cm³/mol. The molecule has 0 fully saturated rings. The molecule has 0 aromatic carbocycles. The number of esters is 1. The molecule has 3 nitrogen and oxygen atoms in total. The van der Waals surface area contributed by atoms with Gasteiger partial charge in [-0.15, -0.1) is 0 Å². The fourth-order valence-electron chi connectivity index (χ4n) is 0.558. The summed E-state index contributed by atoms with van der Waals surface area (Å²) in [7, 11) is 0. The molecule has 5 heteroatoms. The molecule has 0 saturated heterocycles. The minimum atomic E-state index is -2.98. The molecule has 1 N–H and O–H groups in total. The van der Waals surface area contributed by atoms with E-state index < -0.39 is 24.1 Å². The van der Waals surface area contributed by atoms with Crippen molar-refractivity contribution in [2.45, 2.75) is 38.9 Å². The molecular weight excluding hydrogens is 194 g/mol. The van der Waals surface area contributed by atoms with Gasteiger partial charge in [-0.1, -0.05) is 6.58 Å². The second kappa shape index (κ2) is 4.50. The molecule has 0 rings (SSSR count). The van der Waals surface area contributed by atoms with E-state index in [1.54, 1.807) is 0 Å². The SMILES string of the molecule is C=C(C)C(=O)OC(C)C(C)(O)C(F)F. The van der Waals surface area contributed by atoms with Gasteiger partial charge in [-0.3, -0.25) is 0 Å². The number of halogens is 2. The molecular formula is C9H14F2O3. The Hall–Kier alpha value is -0.970. The molecule has 0 amide bonds. The lowest BCUT2D eigenvalue weighted by atomic mass is 10.0. The fourth-order valence-corrected chi connectivity index (χ4v) is 0.558. The largest absolute Gasteiger partial charge is 0.456 e. The Morgan fingerprint density at radius 1 is 1.57 bits per heavy atom. The minimum Gasteiger partial charge on any atom is -0.456 e. The van der Waals surface area contributed by atoms with Crippen LogP contribution in [-0.4, -0.2) is 29.2 Å². The van der Waals surface area contributed by atoms with Crippen LogP contribution in [-0.2, 0) is 9.53 Å². The predicted octanol–water partition coefficient (Wildman–Crippen LogP) is 1.51. The van der Waals surface area contributed by atoms with Gasteiger partial charge in [0.05, 0.1) is 0 Å². The maximum atomic E-state index is 12.3. The van der Waals surface area contributed by atoms with Crippen molar-refractivity contribution in [1.82, 2.24) is 0 Å². The molecule has 82 valence electrons. The molecule has 0 spiro atoms. The monoisotopic (exact) mass is 208 g/mol. The average molecular weight is 208 g/mol. The zero-order valence-corrected chi connectivity index (χ0v) is 8.38. The zero-order chi connectivity index (χ0) is 11.5. The van der Waals surface area contributed by atoms with Crippen LogP contribution < -0.4 is 0 Å². The van der Waals surface area contributed by atoms with Gasteiger partial charge in [-0.2, -0.15) is 0 Å². The van der Waals surface area contributed by atoms with E-state index in [-0.39, 0.29) is 5.57 Å². The third-order valence-corrected chi connectivity index (χ3v) is 1.90. The van der Waals surface area contributed by atoms with Crippen LogP contribution in [0.2, 0.25) is 0 Å². The van der Waals surface area contributed by atoms with E-state index in [4.69, 9.17) is 0 Å². The Morgan fingerprint density at radius 3 is 2.29 bits per heavy atom. The van der Waals surface area contributed by atoms with E-state index in [0.717, 1.165) is 6.92 Å². The molecule has 0 aromatic rings. The minimum absolute atomic E-state index is 0.0990. The molecule has 0 bridgehead atoms. The fraction of sp³-hybridized carbons (Fsp3) is 0.667. The van der Waals surface area contributed by atoms with Gasteiger partial charge in [0.2, 0.25) is 0 Å². The first-order chi connectivity index (χ1) is 6.19. The summed E-state index contributed by atoms with van der Waals surface area (Å²) in [4.78, 5) is 10.9. The Bertz CT molecular complexity index is 236. The summed E-state index contributed by atoms with van der Waals surface area (Å²) in [5, 5.41) is 9.23. The van der Waals surface area contributed by atoms with E-state index in [1.165, 1.54) is 13.8 Å². The smallest absolute Gasteiger partial charge is 0.333 e. The van der Waals surface area contributed by atoms with Crippen molar-refractivity contribution >= 4 is 5.97 Å². The number of aliphatic hydroxyl groups is 1. The van der Waals surface area contributed by atoms with E-state index in [1.807, 2.05) is 0 Å². The zero-order valence-electron chi connectivity index (χ0n) is 8.38. The highest BCUT2D eigenvalue weighted by atomic mass is 19.3. The molecule has 0 aromatic heterocycles. The average Bonchev–Trinajstić information content (AvgIpc) is 2.03. The Labute approximate surface area is 81.4 Å². The van der Waals surface area contributed by atoms with E-state index >= 15 is 0 Å². The van der Waals surface area contributed by atoms with Crippen molar-refractivity contribution in [2.24, 2.45) is 0 Å². The Kier molecular flexibility index (Phi) is 4.19. The molecule has 0 saturated carbocycles. The maximum absolute atomic E-state index is 12.3. The number of alkyl halides is 2. The Balaban J connectivity index is 4.41. The third-order valence-electron chi connectivity index (χ3n) is 1.90. The number of hydrogen-bond donors (Lipinski definition) is 1. The first kappa shape index (κ1) is 13.0. The summed E-state index contributed by atoms with van der Waals surface area (Å²) < 4.78 is 29.1. The lowest BCUT2D eigenvalue weighted by Crippen LogP contribution is -2.46. The van der Waals surface area contributed by atoms with Crippen molar-refractivity contribution < 1.29 is 23.4 Å². The molecule has 14 heavy (non-hydrogen) atoms. The maximum Gasteiger partial charge on any atom is 0.333 e. The van der Waals surface area contributed by atoms with Crippen molar-refractivity contribution in [2.75, 3.05) is 0 Å². The van der Waals surface area contributed by atoms with Crippen molar-refractivity contribution in [3.05, 3.63) is 12.2 Å². The van der Waals surface area contributed by atoms with Gasteiger partial charge in [0, 0.05) is 5.57 Å². The van der Waals surface area contributed by atoms with Crippen molar-refractivity contribution in [3.8, 4) is 0 Å². The molecule has 0 aliphatic carbocycles. The summed E-state index contributed by atoms with van der Waals surface area (Å²) in [5.41, 5.74) is -2.24. The Morgan fingerprint density at radius 2 is 2.00 bits per heavy atom. The number of carbonyl (C=O) groups is 1. The van der Waals surface area contributed by atoms with E-state index in [2.05, 4.69) is 11.3 Å². The summed E-state index contributed by atoms with van der Waals surface area (Å²) >= 11 is 0. The molecule has 0 aliphatic rings. The molecule has 2 atom stereocenters. The molecule has 0 heterocycles. The lowest BCUT2D eigenvalue weighted by molar-refractivity contribution is -0.177. The molecule has 0 radical (unpaired) electrons. The lowest BCUT2D eigenvalue weighted by Gasteiger charge is -2.28. The van der Waals surface area contributed by atoms with Crippen LogP contribution in [0.3, 0.4) is 0 Å². The van der Waals surface area contributed by atoms with Gasteiger partial charge in [-0.05, 0) is 20.8 Å². The van der Waals surface area contributed by atoms with Crippen LogP contribution >= 0.6 is 0 Å². The number of ether oxygens (including phenoxy) is 1. The van der Waals surface area contributed by atoms with Gasteiger partial charge in [0.15, 0.2) is 5.60 Å². The van der Waals surface area contributed by atoms with Crippen LogP contribution in [0, 0.1) is 0 Å². The number of rotatable bonds is 4. The second-order valence-corrected chi connectivity index (χ2v) is 3.35. The summed E-state index contributed by atoms with van der Waals surface area (Å²) in [6, 6.07) is 0. The first-order valence-corrected chi connectivity index (χ1v) is 4.06. The highest BCUT2D eigenvalue weighted by molar-refractivity contribution is 5.87. The standard InChI is InChI=1S/C9H14F2O3/c1-5(2)7(12)14-6(3)9(4,13)8(10)11/h6,8,13H,1H2,2-4H3. The van der Waals surface area contributed by atoms with Crippen LogP contribution in [0.4, 0.5) is 8.78 Å². The van der Waals surface area contributed by atoms with E-state index in [9.17, 15) is 18.7 Å². The third kappa shape index (κ3) is 3.06. The van der Waals surface area contributed by atoms with Crippen LogP contribution in [0.5, 0.6) is 0 Å². The van der Waals surface area contributed by atoms with Crippen LogP contribution in [0.25, 0.3) is 0 Å². The van der Waals surface area contributed by atoms with Gasteiger partial charge < -0.3 is 9.84 Å². The van der Waals surface area contributed by atoms with Crippen LogP contribution in [0.1, 0.15) is 20.8 Å². The van der Waals surface area contributed by atoms with E-state index in [0.29, 0.717) is 0 Å². The van der Waals surface area contributed by atoms with Crippen LogP contribution in [0.15, 0.2) is 12.2 Å². The first-order valence-electron chi connectivity index (χ1n) is 4.06. The van der Waals surface area contributed by atoms with Crippen molar-refractivity contribution in [3.63, 3.8) is 0 Å².